The van der Waals surface area contributed by atoms with Crippen LogP contribution in [0.4, 0.5) is 0 Å². The second-order valence-corrected chi connectivity index (χ2v) is 6.05. The van der Waals surface area contributed by atoms with E-state index in [0.29, 0.717) is 5.56 Å². The fourth-order valence-corrected chi connectivity index (χ4v) is 3.46. The maximum absolute atomic E-state index is 12.3. The smallest absolute Gasteiger partial charge is 0.335 e. The summed E-state index contributed by atoms with van der Waals surface area (Å²) in [5, 5.41) is 0.154. The summed E-state index contributed by atoms with van der Waals surface area (Å²) in [7, 11) is -3.21. The van der Waals surface area contributed by atoms with Crippen molar-refractivity contribution in [3.05, 3.63) is 23.7 Å². The Hall–Kier alpha value is -0.420. The Kier molecular flexibility index (Phi) is 6.29. The zero-order valence-electron chi connectivity index (χ0n) is 10.3. The molecule has 5 nitrogen and oxygen atoms in total. The van der Waals surface area contributed by atoms with E-state index in [1.54, 1.807) is 19.9 Å². The number of hydrogen-bond donors (Lipinski definition) is 0. The highest BCUT2D eigenvalue weighted by Crippen LogP contribution is 2.51. The van der Waals surface area contributed by atoms with Gasteiger partial charge in [-0.1, -0.05) is 15.9 Å². The summed E-state index contributed by atoms with van der Waals surface area (Å²) in [6.07, 6.45) is 1.44. The molecule has 0 unspecified atom stereocenters. The van der Waals surface area contributed by atoms with Gasteiger partial charge < -0.3 is 13.5 Å². The first-order chi connectivity index (χ1) is 8.56. The van der Waals surface area contributed by atoms with Gasteiger partial charge in [-0.3, -0.25) is 9.36 Å². The fourth-order valence-electron chi connectivity index (χ4n) is 1.50. The summed E-state index contributed by atoms with van der Waals surface area (Å²) in [6, 6.07) is 1.61. The number of carbonyl (C=O) groups excluding carboxylic acids is 1. The molecule has 1 aromatic heterocycles. The molecule has 0 aliphatic carbocycles. The Labute approximate surface area is 114 Å². The zero-order valence-corrected chi connectivity index (χ0v) is 12.8. The molecular formula is C11H16BrO5P. The molecule has 0 saturated heterocycles. The molecule has 102 valence electrons. The number of rotatable bonds is 8. The van der Waals surface area contributed by atoms with Crippen LogP contribution in [-0.2, 0) is 19.8 Å². The molecule has 0 atom stereocenters. The van der Waals surface area contributed by atoms with Crippen molar-refractivity contribution < 1.29 is 22.8 Å². The minimum Gasteiger partial charge on any atom is -0.461 e. The Morgan fingerprint density at radius 3 is 2.50 bits per heavy atom. The lowest BCUT2D eigenvalue weighted by Crippen LogP contribution is -2.04. The number of furan rings is 1. The van der Waals surface area contributed by atoms with E-state index in [-0.39, 0.29) is 36.2 Å². The highest BCUT2D eigenvalue weighted by molar-refractivity contribution is 9.09. The maximum atomic E-state index is 12.3. The summed E-state index contributed by atoms with van der Waals surface area (Å²) < 4.78 is 27.8. The van der Waals surface area contributed by atoms with E-state index >= 15 is 0 Å². The van der Waals surface area contributed by atoms with Gasteiger partial charge in [0, 0.05) is 5.56 Å². The van der Waals surface area contributed by atoms with Gasteiger partial charge in [0.25, 0.3) is 0 Å². The first-order valence-electron chi connectivity index (χ1n) is 5.60. The topological polar surface area (TPSA) is 65.7 Å². The van der Waals surface area contributed by atoms with Crippen LogP contribution < -0.4 is 0 Å². The Balaban J connectivity index is 2.91. The fraction of sp³-hybridized carbons (Fsp3) is 0.545. The van der Waals surface area contributed by atoms with E-state index in [1.807, 2.05) is 0 Å². The molecule has 0 aliphatic heterocycles. The van der Waals surface area contributed by atoms with Crippen molar-refractivity contribution in [3.63, 3.8) is 0 Å². The molecule has 0 bridgehead atoms. The molecule has 0 radical (unpaired) electrons. The van der Waals surface area contributed by atoms with E-state index in [1.165, 1.54) is 6.26 Å². The van der Waals surface area contributed by atoms with Crippen LogP contribution in [0.25, 0.3) is 0 Å². The molecule has 1 rings (SSSR count). The van der Waals surface area contributed by atoms with Crippen LogP contribution in [-0.4, -0.2) is 24.3 Å². The largest absolute Gasteiger partial charge is 0.461 e. The van der Waals surface area contributed by atoms with Crippen molar-refractivity contribution in [2.75, 3.05) is 18.5 Å². The monoisotopic (exact) mass is 338 g/mol. The predicted octanol–water partition coefficient (Wildman–Crippen LogP) is 3.62. The molecule has 1 heterocycles. The summed E-state index contributed by atoms with van der Waals surface area (Å²) in [5.74, 6) is 0.000975. The van der Waals surface area contributed by atoms with E-state index in [2.05, 4.69) is 15.9 Å². The van der Waals surface area contributed by atoms with Gasteiger partial charge in [0.1, 0.15) is 0 Å². The maximum Gasteiger partial charge on any atom is 0.335 e. The number of ketones is 1. The van der Waals surface area contributed by atoms with Crippen molar-refractivity contribution in [3.8, 4) is 0 Å². The van der Waals surface area contributed by atoms with Gasteiger partial charge >= 0.3 is 7.60 Å². The molecular weight excluding hydrogens is 323 g/mol. The second kappa shape index (κ2) is 7.24. The SMILES string of the molecule is CCOP(=O)(Cc1ccoc1C(=O)CBr)OCC. The lowest BCUT2D eigenvalue weighted by molar-refractivity contribution is 0.0992. The number of Topliss-reactive ketones (excluding diaryl/α,β-unsaturated/α-hetero) is 1. The molecule has 18 heavy (non-hydrogen) atoms. The molecule has 0 aromatic carbocycles. The van der Waals surface area contributed by atoms with Crippen molar-refractivity contribution >= 4 is 29.3 Å². The van der Waals surface area contributed by atoms with Crippen molar-refractivity contribution in [1.82, 2.24) is 0 Å². The van der Waals surface area contributed by atoms with Gasteiger partial charge in [-0.05, 0) is 19.9 Å². The van der Waals surface area contributed by atoms with Gasteiger partial charge in [0.15, 0.2) is 5.76 Å². The van der Waals surface area contributed by atoms with E-state index < -0.39 is 7.60 Å². The van der Waals surface area contributed by atoms with Crippen LogP contribution in [0.15, 0.2) is 16.7 Å². The van der Waals surface area contributed by atoms with Gasteiger partial charge in [-0.15, -0.1) is 0 Å². The first-order valence-corrected chi connectivity index (χ1v) is 8.45. The zero-order chi connectivity index (χ0) is 13.6. The molecule has 0 spiro atoms. The van der Waals surface area contributed by atoms with Crippen LogP contribution >= 0.6 is 23.5 Å². The Morgan fingerprint density at radius 2 is 2.00 bits per heavy atom. The highest BCUT2D eigenvalue weighted by Gasteiger charge is 2.28. The van der Waals surface area contributed by atoms with Crippen molar-refractivity contribution in [2.24, 2.45) is 0 Å². The summed E-state index contributed by atoms with van der Waals surface area (Å²) in [6.45, 7) is 4.06. The van der Waals surface area contributed by atoms with Crippen molar-refractivity contribution in [1.29, 1.82) is 0 Å². The quantitative estimate of drug-likeness (QED) is 0.411. The number of alkyl halides is 1. The highest BCUT2D eigenvalue weighted by atomic mass is 79.9. The minimum atomic E-state index is -3.21. The van der Waals surface area contributed by atoms with Crippen molar-refractivity contribution in [2.45, 2.75) is 20.0 Å². The number of carbonyl (C=O) groups is 1. The molecule has 0 aliphatic rings. The average molecular weight is 339 g/mol. The summed E-state index contributed by atoms with van der Waals surface area (Å²) in [4.78, 5) is 11.6. The number of halogens is 1. The van der Waals surface area contributed by atoms with E-state index in [0.717, 1.165) is 0 Å². The van der Waals surface area contributed by atoms with Crippen LogP contribution in [0.3, 0.4) is 0 Å². The first kappa shape index (κ1) is 15.6. The van der Waals surface area contributed by atoms with Gasteiger partial charge in [-0.2, -0.15) is 0 Å². The summed E-state index contributed by atoms with van der Waals surface area (Å²) in [5.41, 5.74) is 0.546. The molecule has 0 N–H and O–H groups in total. The normalized spacial score (nSPS) is 11.7. The standard InChI is InChI=1S/C11H16BrO5P/c1-3-16-18(14,17-4-2)8-9-5-6-15-11(9)10(13)7-12/h5-6H,3-4,7-8H2,1-2H3. The predicted molar refractivity (Wildman–Crippen MR) is 71.4 cm³/mol. The second-order valence-electron chi connectivity index (χ2n) is 3.44. The number of hydrogen-bond acceptors (Lipinski definition) is 5. The third-order valence-corrected chi connectivity index (χ3v) is 4.68. The molecule has 0 fully saturated rings. The average Bonchev–Trinajstić information content (AvgIpc) is 2.76. The summed E-state index contributed by atoms with van der Waals surface area (Å²) >= 11 is 3.07. The van der Waals surface area contributed by atoms with Crippen LogP contribution in [0, 0.1) is 0 Å². The van der Waals surface area contributed by atoms with Gasteiger partial charge in [0.2, 0.25) is 5.78 Å². The van der Waals surface area contributed by atoms with Crippen LogP contribution in [0.5, 0.6) is 0 Å². The van der Waals surface area contributed by atoms with E-state index in [4.69, 9.17) is 13.5 Å². The third kappa shape index (κ3) is 4.05. The van der Waals surface area contributed by atoms with E-state index in [9.17, 15) is 9.36 Å². The third-order valence-electron chi connectivity index (χ3n) is 2.14. The molecule has 0 amide bonds. The molecule has 0 saturated carbocycles. The van der Waals surface area contributed by atoms with Crippen LogP contribution in [0.1, 0.15) is 30.0 Å². The molecule has 1 aromatic rings. The Morgan fingerprint density at radius 1 is 1.39 bits per heavy atom. The minimum absolute atomic E-state index is 0.0409. The van der Waals surface area contributed by atoms with Gasteiger partial charge in [-0.25, -0.2) is 0 Å². The van der Waals surface area contributed by atoms with Crippen LogP contribution in [0.2, 0.25) is 0 Å². The lowest BCUT2D eigenvalue weighted by Gasteiger charge is -2.16. The molecule has 7 heteroatoms. The van der Waals surface area contributed by atoms with Gasteiger partial charge in [0.05, 0.1) is 31.0 Å². The lowest BCUT2D eigenvalue weighted by atomic mass is 10.2. The Bertz CT molecular complexity index is 432.